The van der Waals surface area contributed by atoms with Crippen LogP contribution in [0.4, 0.5) is 0 Å². The van der Waals surface area contributed by atoms with Crippen LogP contribution in [-0.4, -0.2) is 24.0 Å². The van der Waals surface area contributed by atoms with Crippen molar-refractivity contribution >= 4 is 41.3 Å². The lowest BCUT2D eigenvalue weighted by Crippen LogP contribution is -2.38. The van der Waals surface area contributed by atoms with Crippen LogP contribution in [0.15, 0.2) is 29.3 Å². The third-order valence-corrected chi connectivity index (χ3v) is 5.92. The van der Waals surface area contributed by atoms with E-state index in [1.165, 1.54) is 16.0 Å². The summed E-state index contributed by atoms with van der Waals surface area (Å²) in [5, 5.41) is 8.02. The van der Waals surface area contributed by atoms with Crippen LogP contribution in [0.3, 0.4) is 0 Å². The first-order valence-corrected chi connectivity index (χ1v) is 9.79. The molecule has 1 aliphatic carbocycles. The number of halogens is 1. The SMILES string of the molecule is CN=C(NCc1nc(C)c(C)s1)NC1CC1c1ccc(C(C)C)cc1.I. The highest BCUT2D eigenvalue weighted by Gasteiger charge is 2.38. The van der Waals surface area contributed by atoms with Gasteiger partial charge in [-0.3, -0.25) is 4.99 Å². The zero-order valence-corrected chi connectivity index (χ0v) is 19.3. The average molecular weight is 484 g/mol. The molecule has 1 aromatic carbocycles. The fraction of sp³-hybridized carbons (Fsp3) is 0.500. The van der Waals surface area contributed by atoms with Crippen LogP contribution >= 0.6 is 35.3 Å². The zero-order valence-electron chi connectivity index (χ0n) is 16.2. The smallest absolute Gasteiger partial charge is 0.191 e. The fourth-order valence-corrected chi connectivity index (χ4v) is 3.87. The summed E-state index contributed by atoms with van der Waals surface area (Å²) in [6.07, 6.45) is 1.16. The fourth-order valence-electron chi connectivity index (χ4n) is 3.00. The van der Waals surface area contributed by atoms with Crippen molar-refractivity contribution in [1.82, 2.24) is 15.6 Å². The third-order valence-electron chi connectivity index (χ3n) is 4.85. The number of aliphatic imine (C=N–C) groups is 1. The molecular weight excluding hydrogens is 455 g/mol. The van der Waals surface area contributed by atoms with E-state index in [2.05, 4.69) is 72.6 Å². The predicted octanol–water partition coefficient (Wildman–Crippen LogP) is 4.72. The number of benzene rings is 1. The quantitative estimate of drug-likeness (QED) is 0.367. The normalized spacial score (nSPS) is 19.2. The Bertz CT molecular complexity index is 732. The number of aromatic nitrogens is 1. The first-order valence-electron chi connectivity index (χ1n) is 8.98. The van der Waals surface area contributed by atoms with Gasteiger partial charge in [0.25, 0.3) is 0 Å². The molecular formula is C20H29IN4S. The Morgan fingerprint density at radius 1 is 1.27 bits per heavy atom. The highest BCUT2D eigenvalue weighted by atomic mass is 127. The molecule has 0 amide bonds. The summed E-state index contributed by atoms with van der Waals surface area (Å²) in [6.45, 7) is 9.36. The summed E-state index contributed by atoms with van der Waals surface area (Å²) in [7, 11) is 1.82. The topological polar surface area (TPSA) is 49.3 Å². The molecule has 2 atom stereocenters. The van der Waals surface area contributed by atoms with Gasteiger partial charge in [0.1, 0.15) is 5.01 Å². The minimum Gasteiger partial charge on any atom is -0.353 e. The van der Waals surface area contributed by atoms with Gasteiger partial charge in [0, 0.05) is 23.9 Å². The summed E-state index contributed by atoms with van der Waals surface area (Å²) < 4.78 is 0. The molecule has 1 aromatic heterocycles. The van der Waals surface area contributed by atoms with Crippen LogP contribution in [0.25, 0.3) is 0 Å². The summed E-state index contributed by atoms with van der Waals surface area (Å²) in [4.78, 5) is 10.2. The largest absolute Gasteiger partial charge is 0.353 e. The van der Waals surface area contributed by atoms with Crippen LogP contribution in [0.1, 0.15) is 58.8 Å². The Hall–Kier alpha value is -1.15. The van der Waals surface area contributed by atoms with Gasteiger partial charge in [0.05, 0.1) is 12.2 Å². The van der Waals surface area contributed by atoms with Crippen LogP contribution in [0.2, 0.25) is 0 Å². The number of nitrogens with one attached hydrogen (secondary N) is 2. The van der Waals surface area contributed by atoms with Crippen molar-refractivity contribution in [3.8, 4) is 0 Å². The van der Waals surface area contributed by atoms with Gasteiger partial charge in [-0.15, -0.1) is 35.3 Å². The van der Waals surface area contributed by atoms with E-state index in [4.69, 9.17) is 0 Å². The molecule has 142 valence electrons. The molecule has 0 aliphatic heterocycles. The van der Waals surface area contributed by atoms with Crippen molar-refractivity contribution in [3.05, 3.63) is 51.0 Å². The molecule has 1 saturated carbocycles. The van der Waals surface area contributed by atoms with E-state index in [1.54, 1.807) is 11.3 Å². The van der Waals surface area contributed by atoms with E-state index in [9.17, 15) is 0 Å². The first kappa shape index (κ1) is 21.2. The van der Waals surface area contributed by atoms with Crippen molar-refractivity contribution in [2.45, 2.75) is 58.5 Å². The number of thiazole rings is 1. The Kier molecular flexibility index (Phi) is 7.46. The summed E-state index contributed by atoms with van der Waals surface area (Å²) >= 11 is 1.75. The average Bonchev–Trinajstić information content (AvgIpc) is 3.29. The molecule has 1 heterocycles. The molecule has 6 heteroatoms. The second-order valence-electron chi connectivity index (χ2n) is 7.09. The van der Waals surface area contributed by atoms with Crippen molar-refractivity contribution in [2.75, 3.05) is 7.05 Å². The lowest BCUT2D eigenvalue weighted by atomic mass is 10.0. The van der Waals surface area contributed by atoms with Gasteiger partial charge in [0.2, 0.25) is 0 Å². The van der Waals surface area contributed by atoms with E-state index < -0.39 is 0 Å². The van der Waals surface area contributed by atoms with Crippen LogP contribution in [0.5, 0.6) is 0 Å². The number of hydrogen-bond donors (Lipinski definition) is 2. The van der Waals surface area contributed by atoms with Crippen LogP contribution in [0, 0.1) is 13.8 Å². The van der Waals surface area contributed by atoms with Gasteiger partial charge in [-0.25, -0.2) is 4.98 Å². The molecule has 2 aromatic rings. The minimum atomic E-state index is 0. The molecule has 4 nitrogen and oxygen atoms in total. The third kappa shape index (κ3) is 5.19. The molecule has 2 unspecified atom stereocenters. The van der Waals surface area contributed by atoms with E-state index in [-0.39, 0.29) is 24.0 Å². The highest BCUT2D eigenvalue weighted by molar-refractivity contribution is 14.0. The highest BCUT2D eigenvalue weighted by Crippen LogP contribution is 2.41. The van der Waals surface area contributed by atoms with Crippen molar-refractivity contribution in [2.24, 2.45) is 4.99 Å². The van der Waals surface area contributed by atoms with Gasteiger partial charge in [-0.1, -0.05) is 38.1 Å². The minimum absolute atomic E-state index is 0. The number of guanidine groups is 1. The van der Waals surface area contributed by atoms with E-state index in [0.717, 1.165) is 29.6 Å². The summed E-state index contributed by atoms with van der Waals surface area (Å²) in [5.74, 6) is 2.03. The summed E-state index contributed by atoms with van der Waals surface area (Å²) in [6, 6.07) is 9.54. The van der Waals surface area contributed by atoms with Gasteiger partial charge in [-0.2, -0.15) is 0 Å². The zero-order chi connectivity index (χ0) is 18.0. The van der Waals surface area contributed by atoms with Crippen molar-refractivity contribution in [1.29, 1.82) is 0 Å². The Morgan fingerprint density at radius 2 is 1.96 bits per heavy atom. The monoisotopic (exact) mass is 484 g/mol. The maximum atomic E-state index is 4.57. The second kappa shape index (κ2) is 9.17. The van der Waals surface area contributed by atoms with E-state index in [1.807, 2.05) is 7.05 Å². The Balaban J connectivity index is 0.00000243. The van der Waals surface area contributed by atoms with E-state index >= 15 is 0 Å². The Labute approximate surface area is 177 Å². The van der Waals surface area contributed by atoms with Crippen molar-refractivity contribution < 1.29 is 0 Å². The van der Waals surface area contributed by atoms with Crippen LogP contribution in [-0.2, 0) is 6.54 Å². The molecule has 2 N–H and O–H groups in total. The lowest BCUT2D eigenvalue weighted by molar-refractivity contribution is 0.785. The van der Waals surface area contributed by atoms with Gasteiger partial charge in [-0.05, 0) is 37.3 Å². The van der Waals surface area contributed by atoms with Gasteiger partial charge in [0.15, 0.2) is 5.96 Å². The maximum Gasteiger partial charge on any atom is 0.191 e. The molecule has 0 bridgehead atoms. The van der Waals surface area contributed by atoms with Crippen molar-refractivity contribution in [3.63, 3.8) is 0 Å². The second-order valence-corrected chi connectivity index (χ2v) is 8.38. The number of nitrogens with zero attached hydrogens (tertiary/aromatic N) is 2. The molecule has 0 radical (unpaired) electrons. The Morgan fingerprint density at radius 3 is 2.50 bits per heavy atom. The number of rotatable bonds is 5. The lowest BCUT2D eigenvalue weighted by Gasteiger charge is -2.11. The number of aryl methyl sites for hydroxylation is 2. The maximum absolute atomic E-state index is 4.57. The summed E-state index contributed by atoms with van der Waals surface area (Å²) in [5.41, 5.74) is 3.95. The predicted molar refractivity (Wildman–Crippen MR) is 122 cm³/mol. The molecule has 1 fully saturated rings. The van der Waals surface area contributed by atoms with Crippen LogP contribution < -0.4 is 10.6 Å². The van der Waals surface area contributed by atoms with Gasteiger partial charge >= 0.3 is 0 Å². The molecule has 0 saturated heterocycles. The molecule has 1 aliphatic rings. The molecule has 0 spiro atoms. The first-order chi connectivity index (χ1) is 12.0. The molecule has 3 rings (SSSR count). The van der Waals surface area contributed by atoms with Gasteiger partial charge < -0.3 is 10.6 Å². The molecule has 26 heavy (non-hydrogen) atoms. The van der Waals surface area contributed by atoms with E-state index in [0.29, 0.717) is 17.9 Å². The number of hydrogen-bond acceptors (Lipinski definition) is 3. The standard InChI is InChI=1S/C20H28N4S.HI/c1-12(2)15-6-8-16(9-7-15)17-10-18(17)24-20(21-5)22-11-19-23-13(3)14(4)25-19;/h6-9,12,17-18H,10-11H2,1-5H3,(H2,21,22,24);1H.